The van der Waals surface area contributed by atoms with Crippen molar-refractivity contribution in [2.45, 2.75) is 11.8 Å². The summed E-state index contributed by atoms with van der Waals surface area (Å²) in [5.41, 5.74) is 7.08. The Balaban J connectivity index is 2.47. The molecule has 106 valence electrons. The van der Waals surface area contributed by atoms with E-state index in [9.17, 15) is 8.42 Å². The third-order valence-corrected chi connectivity index (χ3v) is 4.89. The van der Waals surface area contributed by atoms with Crippen molar-refractivity contribution in [1.82, 2.24) is 0 Å². The number of hydrogen-bond donors (Lipinski definition) is 2. The Labute approximate surface area is 127 Å². The first-order chi connectivity index (χ1) is 9.31. The molecule has 0 heterocycles. The predicted molar refractivity (Wildman–Crippen MR) is 82.9 cm³/mol. The molecule has 0 amide bonds. The van der Waals surface area contributed by atoms with Crippen LogP contribution in [0.3, 0.4) is 0 Å². The van der Waals surface area contributed by atoms with Crippen LogP contribution in [0.5, 0.6) is 0 Å². The zero-order valence-electron chi connectivity index (χ0n) is 10.5. The molecule has 0 fully saturated rings. The standard InChI is InChI=1S/C13H12Cl2N2O2S/c1-8-6-10(15)13(7-11(8)16)20(18,19)17-12-5-3-2-4-9(12)14/h2-7,17H,16H2,1H3. The first kappa shape index (κ1) is 15.0. The molecule has 0 atom stereocenters. The average molecular weight is 331 g/mol. The summed E-state index contributed by atoms with van der Waals surface area (Å²) in [6.45, 7) is 1.75. The maximum atomic E-state index is 12.3. The number of anilines is 2. The number of para-hydroxylation sites is 1. The molecule has 3 N–H and O–H groups in total. The van der Waals surface area contributed by atoms with Gasteiger partial charge in [0.1, 0.15) is 4.90 Å². The van der Waals surface area contributed by atoms with Crippen molar-refractivity contribution in [1.29, 1.82) is 0 Å². The lowest BCUT2D eigenvalue weighted by atomic mass is 10.2. The fourth-order valence-electron chi connectivity index (χ4n) is 1.62. The summed E-state index contributed by atoms with van der Waals surface area (Å²) in [6.07, 6.45) is 0. The predicted octanol–water partition coefficient (Wildman–Crippen LogP) is 3.68. The number of nitrogen functional groups attached to an aromatic ring is 1. The number of hydrogen-bond acceptors (Lipinski definition) is 3. The molecule has 2 rings (SSSR count). The van der Waals surface area contributed by atoms with Crippen molar-refractivity contribution in [3.63, 3.8) is 0 Å². The Kier molecular flexibility index (Phi) is 4.13. The molecule has 0 unspecified atom stereocenters. The van der Waals surface area contributed by atoms with E-state index < -0.39 is 10.0 Å². The molecule has 7 heteroatoms. The quantitative estimate of drug-likeness (QED) is 0.843. The van der Waals surface area contributed by atoms with Gasteiger partial charge in [0.2, 0.25) is 0 Å². The highest BCUT2D eigenvalue weighted by Crippen LogP contribution is 2.30. The Morgan fingerprint density at radius 2 is 1.75 bits per heavy atom. The minimum absolute atomic E-state index is 0.0813. The fourth-order valence-corrected chi connectivity index (χ4v) is 3.56. The summed E-state index contributed by atoms with van der Waals surface area (Å²) >= 11 is 11.9. The Bertz CT molecular complexity index is 761. The van der Waals surface area contributed by atoms with Gasteiger partial charge in [-0.25, -0.2) is 8.42 Å². The van der Waals surface area contributed by atoms with E-state index in [1.165, 1.54) is 12.1 Å². The number of sulfonamides is 1. The van der Waals surface area contributed by atoms with Gasteiger partial charge in [0.25, 0.3) is 10.0 Å². The zero-order chi connectivity index (χ0) is 14.9. The molecule has 0 radical (unpaired) electrons. The van der Waals surface area contributed by atoms with Gasteiger partial charge in [0.05, 0.1) is 15.7 Å². The van der Waals surface area contributed by atoms with Gasteiger partial charge >= 0.3 is 0 Å². The zero-order valence-corrected chi connectivity index (χ0v) is 12.9. The van der Waals surface area contributed by atoms with Crippen LogP contribution in [0.4, 0.5) is 11.4 Å². The van der Waals surface area contributed by atoms with Gasteiger partial charge in [-0.2, -0.15) is 0 Å². The molecule has 0 spiro atoms. The molecule has 0 aliphatic rings. The van der Waals surface area contributed by atoms with Crippen LogP contribution >= 0.6 is 23.2 Å². The highest BCUT2D eigenvalue weighted by atomic mass is 35.5. The number of aryl methyl sites for hydroxylation is 1. The van der Waals surface area contributed by atoms with E-state index in [0.29, 0.717) is 16.3 Å². The van der Waals surface area contributed by atoms with Gasteiger partial charge in [0.15, 0.2) is 0 Å². The van der Waals surface area contributed by atoms with Crippen LogP contribution in [0.2, 0.25) is 10.0 Å². The second-order valence-corrected chi connectivity index (χ2v) is 6.69. The number of nitrogens with two attached hydrogens (primary N) is 1. The summed E-state index contributed by atoms with van der Waals surface area (Å²) in [4.78, 5) is -0.0813. The summed E-state index contributed by atoms with van der Waals surface area (Å²) in [5, 5.41) is 0.406. The minimum atomic E-state index is -3.85. The first-order valence-corrected chi connectivity index (χ1v) is 7.88. The number of benzene rings is 2. The normalized spacial score (nSPS) is 11.3. The third kappa shape index (κ3) is 3.00. The second-order valence-electron chi connectivity index (χ2n) is 4.22. The lowest BCUT2D eigenvalue weighted by Crippen LogP contribution is -2.14. The van der Waals surface area contributed by atoms with Crippen LogP contribution < -0.4 is 10.5 Å². The lowest BCUT2D eigenvalue weighted by molar-refractivity contribution is 0.601. The Morgan fingerprint density at radius 1 is 1.10 bits per heavy atom. The van der Waals surface area contributed by atoms with Gasteiger partial charge in [-0.15, -0.1) is 0 Å². The van der Waals surface area contributed by atoms with E-state index in [4.69, 9.17) is 28.9 Å². The molecular weight excluding hydrogens is 319 g/mol. The molecular formula is C13H12Cl2N2O2S. The van der Waals surface area contributed by atoms with Crippen LogP contribution in [-0.4, -0.2) is 8.42 Å². The number of nitrogens with one attached hydrogen (secondary N) is 1. The third-order valence-electron chi connectivity index (χ3n) is 2.73. The first-order valence-electron chi connectivity index (χ1n) is 5.64. The van der Waals surface area contributed by atoms with Crippen molar-refractivity contribution < 1.29 is 8.42 Å². The number of halogens is 2. The molecule has 0 saturated heterocycles. The van der Waals surface area contributed by atoms with Crippen LogP contribution in [0.1, 0.15) is 5.56 Å². The van der Waals surface area contributed by atoms with Crippen molar-refractivity contribution in [2.75, 3.05) is 10.5 Å². The maximum absolute atomic E-state index is 12.3. The average Bonchev–Trinajstić information content (AvgIpc) is 2.36. The molecule has 0 bridgehead atoms. The molecule has 2 aromatic carbocycles. The lowest BCUT2D eigenvalue weighted by Gasteiger charge is -2.12. The molecule has 0 aliphatic carbocycles. The summed E-state index contributed by atoms with van der Waals surface area (Å²) in [7, 11) is -3.85. The number of rotatable bonds is 3. The van der Waals surface area contributed by atoms with E-state index >= 15 is 0 Å². The minimum Gasteiger partial charge on any atom is -0.398 e. The van der Waals surface area contributed by atoms with Crippen LogP contribution in [-0.2, 0) is 10.0 Å². The molecule has 0 aromatic heterocycles. The summed E-state index contributed by atoms with van der Waals surface area (Å²) in [5.74, 6) is 0. The smallest absolute Gasteiger partial charge is 0.263 e. The highest BCUT2D eigenvalue weighted by Gasteiger charge is 2.20. The van der Waals surface area contributed by atoms with Crippen LogP contribution in [0, 0.1) is 6.92 Å². The fraction of sp³-hybridized carbons (Fsp3) is 0.0769. The Morgan fingerprint density at radius 3 is 2.40 bits per heavy atom. The van der Waals surface area contributed by atoms with Gasteiger partial charge in [0, 0.05) is 5.69 Å². The van der Waals surface area contributed by atoms with E-state index in [2.05, 4.69) is 4.72 Å². The molecule has 0 aliphatic heterocycles. The van der Waals surface area contributed by atoms with Crippen LogP contribution in [0.25, 0.3) is 0 Å². The summed E-state index contributed by atoms with van der Waals surface area (Å²) < 4.78 is 27.0. The highest BCUT2D eigenvalue weighted by molar-refractivity contribution is 7.92. The van der Waals surface area contributed by atoms with Crippen molar-refractivity contribution in [3.05, 3.63) is 52.0 Å². The van der Waals surface area contributed by atoms with Gasteiger partial charge in [-0.1, -0.05) is 35.3 Å². The molecule has 0 saturated carbocycles. The Hall–Kier alpha value is -1.43. The maximum Gasteiger partial charge on any atom is 0.263 e. The summed E-state index contributed by atoms with van der Waals surface area (Å²) in [6, 6.07) is 9.37. The van der Waals surface area contributed by atoms with Crippen molar-refractivity contribution in [2.24, 2.45) is 0 Å². The molecule has 4 nitrogen and oxygen atoms in total. The topological polar surface area (TPSA) is 72.2 Å². The van der Waals surface area contributed by atoms with E-state index in [-0.39, 0.29) is 15.6 Å². The van der Waals surface area contributed by atoms with E-state index in [1.54, 1.807) is 31.2 Å². The second kappa shape index (κ2) is 5.52. The monoisotopic (exact) mass is 330 g/mol. The van der Waals surface area contributed by atoms with E-state index in [0.717, 1.165) is 0 Å². The van der Waals surface area contributed by atoms with Gasteiger partial charge in [-0.05, 0) is 36.8 Å². The molecule has 20 heavy (non-hydrogen) atoms. The van der Waals surface area contributed by atoms with Crippen LogP contribution in [0.15, 0.2) is 41.3 Å². The SMILES string of the molecule is Cc1cc(Cl)c(S(=O)(=O)Nc2ccccc2Cl)cc1N. The van der Waals surface area contributed by atoms with Gasteiger partial charge in [-0.3, -0.25) is 4.72 Å². The molecule has 2 aromatic rings. The van der Waals surface area contributed by atoms with Crippen molar-refractivity contribution in [3.8, 4) is 0 Å². The van der Waals surface area contributed by atoms with Crippen molar-refractivity contribution >= 4 is 44.6 Å². The van der Waals surface area contributed by atoms with Gasteiger partial charge < -0.3 is 5.73 Å². The largest absolute Gasteiger partial charge is 0.398 e. The van der Waals surface area contributed by atoms with E-state index in [1.807, 2.05) is 0 Å².